The average molecular weight is 336 g/mol. The first kappa shape index (κ1) is 15.6. The van der Waals surface area contributed by atoms with Crippen LogP contribution in [-0.2, 0) is 20.9 Å². The minimum Gasteiger partial charge on any atom is -0.363 e. The van der Waals surface area contributed by atoms with E-state index < -0.39 is 0 Å². The molecule has 3 fully saturated rings. The van der Waals surface area contributed by atoms with Crippen LogP contribution in [0.15, 0.2) is 11.4 Å². The summed E-state index contributed by atoms with van der Waals surface area (Å²) in [7, 11) is 0. The zero-order valence-corrected chi connectivity index (χ0v) is 14.4. The minimum atomic E-state index is -0.308. The Hall–Kier alpha value is -0.950. The van der Waals surface area contributed by atoms with Gasteiger partial charge in [0.25, 0.3) is 5.91 Å². The van der Waals surface area contributed by atoms with Gasteiger partial charge >= 0.3 is 0 Å². The van der Waals surface area contributed by atoms with Crippen LogP contribution in [0.2, 0.25) is 0 Å². The van der Waals surface area contributed by atoms with E-state index in [0.29, 0.717) is 19.2 Å². The van der Waals surface area contributed by atoms with E-state index >= 15 is 0 Å². The van der Waals surface area contributed by atoms with E-state index in [1.165, 1.54) is 15.5 Å². The molecule has 0 radical (unpaired) electrons. The summed E-state index contributed by atoms with van der Waals surface area (Å²) in [5, 5.41) is 3.67. The number of amides is 1. The van der Waals surface area contributed by atoms with Crippen molar-refractivity contribution in [1.29, 1.82) is 0 Å². The summed E-state index contributed by atoms with van der Waals surface area (Å²) in [6.45, 7) is 5.62. The van der Waals surface area contributed by atoms with Gasteiger partial charge in [0, 0.05) is 24.0 Å². The molecule has 6 heteroatoms. The summed E-state index contributed by atoms with van der Waals surface area (Å²) in [6, 6.07) is 2.65. The quantitative estimate of drug-likeness (QED) is 0.850. The second-order valence-electron chi connectivity index (χ2n) is 6.72. The third kappa shape index (κ3) is 3.05. The summed E-state index contributed by atoms with van der Waals surface area (Å²) >= 11 is 1.84. The third-order valence-corrected chi connectivity index (χ3v) is 6.26. The number of aryl methyl sites for hydroxylation is 1. The number of rotatable bonds is 3. The highest BCUT2D eigenvalue weighted by Gasteiger charge is 2.43. The molecule has 0 aliphatic carbocycles. The van der Waals surface area contributed by atoms with E-state index in [9.17, 15) is 4.79 Å². The average Bonchev–Trinajstić information content (AvgIpc) is 3.29. The van der Waals surface area contributed by atoms with Crippen molar-refractivity contribution in [3.63, 3.8) is 0 Å². The maximum Gasteiger partial charge on any atom is 0.275 e. The van der Waals surface area contributed by atoms with Gasteiger partial charge in [-0.25, -0.2) is 5.06 Å². The number of hydrogen-bond acceptors (Lipinski definition) is 5. The first-order valence-electron chi connectivity index (χ1n) is 8.59. The smallest absolute Gasteiger partial charge is 0.275 e. The van der Waals surface area contributed by atoms with Gasteiger partial charge in [0.2, 0.25) is 0 Å². The van der Waals surface area contributed by atoms with Gasteiger partial charge < -0.3 is 4.74 Å². The lowest BCUT2D eigenvalue weighted by Crippen LogP contribution is -2.48. The highest BCUT2D eigenvalue weighted by Crippen LogP contribution is 2.34. The first-order chi connectivity index (χ1) is 11.2. The predicted molar refractivity (Wildman–Crippen MR) is 88.0 cm³/mol. The first-order valence-corrected chi connectivity index (χ1v) is 9.47. The van der Waals surface area contributed by atoms with Gasteiger partial charge in [-0.05, 0) is 49.6 Å². The van der Waals surface area contributed by atoms with Crippen LogP contribution in [0, 0.1) is 6.92 Å². The number of carbonyl (C=O) groups is 1. The Balaban J connectivity index is 1.37. The number of hydroxylamine groups is 2. The summed E-state index contributed by atoms with van der Waals surface area (Å²) in [5.41, 5.74) is 1.38. The maximum atomic E-state index is 12.4. The molecule has 1 aromatic rings. The third-order valence-electron chi connectivity index (χ3n) is 5.25. The molecule has 0 saturated carbocycles. The molecule has 4 heterocycles. The van der Waals surface area contributed by atoms with Crippen molar-refractivity contribution in [2.45, 2.75) is 57.4 Å². The number of hydrogen-bond donors (Lipinski definition) is 0. The van der Waals surface area contributed by atoms with Gasteiger partial charge in [-0.2, -0.15) is 0 Å². The summed E-state index contributed by atoms with van der Waals surface area (Å²) in [5.74, 6) is 0.0218. The Kier molecular flexibility index (Phi) is 4.41. The van der Waals surface area contributed by atoms with E-state index in [1.54, 1.807) is 0 Å². The van der Waals surface area contributed by atoms with Crippen molar-refractivity contribution in [2.24, 2.45) is 0 Å². The van der Waals surface area contributed by atoms with Crippen molar-refractivity contribution in [2.75, 3.05) is 19.7 Å². The summed E-state index contributed by atoms with van der Waals surface area (Å²) < 4.78 is 6.15. The molecular weight excluding hydrogens is 312 g/mol. The van der Waals surface area contributed by atoms with Crippen LogP contribution in [-0.4, -0.2) is 53.8 Å². The Labute approximate surface area is 141 Å². The molecule has 0 N–H and O–H groups in total. The second-order valence-corrected chi connectivity index (χ2v) is 7.72. The van der Waals surface area contributed by atoms with Crippen molar-refractivity contribution in [1.82, 2.24) is 9.96 Å². The summed E-state index contributed by atoms with van der Waals surface area (Å²) in [6.07, 6.45) is 3.69. The zero-order chi connectivity index (χ0) is 15.8. The van der Waals surface area contributed by atoms with Crippen LogP contribution in [0.5, 0.6) is 0 Å². The molecule has 126 valence electrons. The maximum absolute atomic E-state index is 12.4. The number of carbonyl (C=O) groups excluding carboxylic acids is 1. The normalized spacial score (nSPS) is 31.5. The molecule has 3 aliphatic heterocycles. The van der Waals surface area contributed by atoms with E-state index in [0.717, 1.165) is 38.8 Å². The fourth-order valence-electron chi connectivity index (χ4n) is 3.93. The van der Waals surface area contributed by atoms with Crippen LogP contribution in [0.4, 0.5) is 0 Å². The van der Waals surface area contributed by atoms with Gasteiger partial charge in [-0.3, -0.25) is 14.5 Å². The van der Waals surface area contributed by atoms with Crippen molar-refractivity contribution in [3.8, 4) is 0 Å². The molecule has 1 aromatic heterocycles. The molecular formula is C17H24N2O3S. The topological polar surface area (TPSA) is 42.0 Å². The van der Waals surface area contributed by atoms with Crippen molar-refractivity contribution < 1.29 is 14.4 Å². The van der Waals surface area contributed by atoms with Crippen molar-refractivity contribution >= 4 is 17.2 Å². The molecule has 4 rings (SSSR count). The van der Waals surface area contributed by atoms with Gasteiger partial charge in [-0.15, -0.1) is 11.3 Å². The fourth-order valence-corrected chi connectivity index (χ4v) is 4.86. The molecule has 5 nitrogen and oxygen atoms in total. The molecule has 0 aromatic carbocycles. The Morgan fingerprint density at radius 3 is 3.00 bits per heavy atom. The number of ether oxygens (including phenoxy) is 1. The molecule has 0 spiro atoms. The molecule has 3 saturated heterocycles. The van der Waals surface area contributed by atoms with Crippen LogP contribution < -0.4 is 0 Å². The van der Waals surface area contributed by atoms with Crippen LogP contribution in [0.3, 0.4) is 0 Å². The number of fused-ring (bicyclic) bond motifs is 1. The lowest BCUT2D eigenvalue weighted by Gasteiger charge is -2.36. The van der Waals surface area contributed by atoms with E-state index in [2.05, 4.69) is 23.3 Å². The largest absolute Gasteiger partial charge is 0.363 e. The molecule has 0 unspecified atom stereocenters. The van der Waals surface area contributed by atoms with E-state index in [1.807, 2.05) is 11.3 Å². The van der Waals surface area contributed by atoms with Crippen LogP contribution in [0.25, 0.3) is 0 Å². The van der Waals surface area contributed by atoms with E-state index in [4.69, 9.17) is 9.57 Å². The molecule has 23 heavy (non-hydrogen) atoms. The highest BCUT2D eigenvalue weighted by atomic mass is 32.1. The minimum absolute atomic E-state index is 0.0218. The zero-order valence-electron chi connectivity index (χ0n) is 13.6. The molecule has 0 bridgehead atoms. The van der Waals surface area contributed by atoms with Crippen LogP contribution in [0.1, 0.15) is 36.1 Å². The Morgan fingerprint density at radius 2 is 2.26 bits per heavy atom. The molecule has 1 amide bonds. The standard InChI is InChI=1S/C17H24N2O3S/c1-12-6-10-23-16(12)11-18-8-5-14-13(18)3-4-15(22-14)17(20)19-7-2-9-21-19/h6,10,13-15H,2-5,7-9,11H2,1H3/t13-,14-,15+/m0/s1. The SMILES string of the molecule is Cc1ccsc1CN1CC[C@@H]2O[C@@H](C(=O)N3CCCO3)CC[C@@H]21. The lowest BCUT2D eigenvalue weighted by molar-refractivity contribution is -0.189. The van der Waals surface area contributed by atoms with E-state index in [-0.39, 0.29) is 18.1 Å². The monoisotopic (exact) mass is 336 g/mol. The second kappa shape index (κ2) is 6.51. The Bertz CT molecular complexity index is 570. The van der Waals surface area contributed by atoms with Gasteiger partial charge in [0.1, 0.15) is 6.10 Å². The molecule has 3 atom stereocenters. The van der Waals surface area contributed by atoms with Gasteiger partial charge in [0.05, 0.1) is 19.3 Å². The van der Waals surface area contributed by atoms with Crippen molar-refractivity contribution in [3.05, 3.63) is 21.9 Å². The predicted octanol–water partition coefficient (Wildman–Crippen LogP) is 2.34. The van der Waals surface area contributed by atoms with Gasteiger partial charge in [-0.1, -0.05) is 0 Å². The number of nitrogens with zero attached hydrogens (tertiary/aromatic N) is 2. The van der Waals surface area contributed by atoms with Gasteiger partial charge in [0.15, 0.2) is 0 Å². The fraction of sp³-hybridized carbons (Fsp3) is 0.706. The lowest BCUT2D eigenvalue weighted by atomic mass is 9.98. The number of thiophene rings is 1. The van der Waals surface area contributed by atoms with Crippen LogP contribution >= 0.6 is 11.3 Å². The summed E-state index contributed by atoms with van der Waals surface area (Å²) in [4.78, 5) is 21.8. The number of likely N-dealkylation sites (tertiary alicyclic amines) is 1. The molecule has 3 aliphatic rings. The Morgan fingerprint density at radius 1 is 1.35 bits per heavy atom. The highest BCUT2D eigenvalue weighted by molar-refractivity contribution is 7.10.